The summed E-state index contributed by atoms with van der Waals surface area (Å²) < 4.78 is 18.0. The van der Waals surface area contributed by atoms with Crippen molar-refractivity contribution < 1.29 is 13.7 Å². The summed E-state index contributed by atoms with van der Waals surface area (Å²) in [6, 6.07) is 5.90. The lowest BCUT2D eigenvalue weighted by molar-refractivity contribution is -0.131. The molecule has 1 unspecified atom stereocenters. The smallest absolute Gasteiger partial charge is 0.226 e. The molecule has 0 aliphatic heterocycles. The molecule has 0 aliphatic rings. The second-order valence-corrected chi connectivity index (χ2v) is 5.46. The first-order valence-corrected chi connectivity index (χ1v) is 7.55. The second-order valence-electron chi connectivity index (χ2n) is 5.46. The minimum Gasteiger partial charge on any atom is -0.342 e. The number of carbonyl (C=O) groups is 1. The van der Waals surface area contributed by atoms with Crippen molar-refractivity contribution in [1.82, 2.24) is 15.0 Å². The molecule has 0 radical (unpaired) electrons. The molecule has 6 nitrogen and oxygen atoms in total. The lowest BCUT2D eigenvalue weighted by Crippen LogP contribution is -2.39. The third-order valence-corrected chi connectivity index (χ3v) is 3.75. The van der Waals surface area contributed by atoms with E-state index in [0.717, 1.165) is 0 Å². The van der Waals surface area contributed by atoms with Gasteiger partial charge in [-0.3, -0.25) is 4.79 Å². The molecule has 0 saturated heterocycles. The number of halogens is 2. The quantitative estimate of drug-likeness (QED) is 0.823. The largest absolute Gasteiger partial charge is 0.342 e. The zero-order valence-corrected chi connectivity index (χ0v) is 14.6. The van der Waals surface area contributed by atoms with Crippen LogP contribution in [0.4, 0.5) is 4.39 Å². The van der Waals surface area contributed by atoms with E-state index in [-0.39, 0.29) is 30.2 Å². The van der Waals surface area contributed by atoms with Gasteiger partial charge in [-0.15, -0.1) is 12.4 Å². The number of aromatic nitrogens is 2. The lowest BCUT2D eigenvalue weighted by Gasteiger charge is -2.23. The zero-order valence-electron chi connectivity index (χ0n) is 13.7. The SMILES string of the molecule is CC(CN)N(C)C(=O)CCCc1nc(-c2ccc(F)cc2)no1.Cl. The molecule has 2 N–H and O–H groups in total. The van der Waals surface area contributed by atoms with Gasteiger partial charge in [-0.2, -0.15) is 4.98 Å². The van der Waals surface area contributed by atoms with Crippen molar-refractivity contribution in [3.05, 3.63) is 36.0 Å². The predicted molar refractivity (Wildman–Crippen MR) is 91.2 cm³/mol. The number of rotatable bonds is 7. The summed E-state index contributed by atoms with van der Waals surface area (Å²) >= 11 is 0. The Morgan fingerprint density at radius 1 is 1.38 bits per heavy atom. The molecule has 0 bridgehead atoms. The van der Waals surface area contributed by atoms with Crippen LogP contribution in [0.15, 0.2) is 28.8 Å². The van der Waals surface area contributed by atoms with Crippen molar-refractivity contribution in [3.63, 3.8) is 0 Å². The van der Waals surface area contributed by atoms with Crippen LogP contribution in [0.2, 0.25) is 0 Å². The normalized spacial score (nSPS) is 11.7. The number of nitrogens with zero attached hydrogens (tertiary/aromatic N) is 3. The van der Waals surface area contributed by atoms with Crippen molar-refractivity contribution in [2.75, 3.05) is 13.6 Å². The van der Waals surface area contributed by atoms with Crippen LogP contribution in [0.1, 0.15) is 25.7 Å². The molecule has 0 spiro atoms. The Hall–Kier alpha value is -1.99. The molecule has 1 amide bonds. The number of carbonyl (C=O) groups excluding carboxylic acids is 1. The van der Waals surface area contributed by atoms with Crippen molar-refractivity contribution in [3.8, 4) is 11.4 Å². The minimum absolute atomic E-state index is 0. The molecule has 1 aromatic carbocycles. The number of aryl methyl sites for hydroxylation is 1. The highest BCUT2D eigenvalue weighted by atomic mass is 35.5. The van der Waals surface area contributed by atoms with Crippen LogP contribution in [-0.4, -0.2) is 40.6 Å². The fourth-order valence-corrected chi connectivity index (χ4v) is 2.04. The van der Waals surface area contributed by atoms with Gasteiger partial charge in [0.15, 0.2) is 0 Å². The molecule has 132 valence electrons. The average molecular weight is 357 g/mol. The summed E-state index contributed by atoms with van der Waals surface area (Å²) in [5, 5.41) is 3.87. The number of hydrogen-bond acceptors (Lipinski definition) is 5. The van der Waals surface area contributed by atoms with Gasteiger partial charge in [0.05, 0.1) is 0 Å². The highest BCUT2D eigenvalue weighted by molar-refractivity contribution is 5.85. The Morgan fingerprint density at radius 2 is 2.04 bits per heavy atom. The molecule has 2 aromatic rings. The summed E-state index contributed by atoms with van der Waals surface area (Å²) in [5.74, 6) is 0.611. The first-order valence-electron chi connectivity index (χ1n) is 7.55. The van der Waals surface area contributed by atoms with Gasteiger partial charge in [0.1, 0.15) is 5.82 Å². The van der Waals surface area contributed by atoms with Gasteiger partial charge in [0.2, 0.25) is 17.6 Å². The van der Waals surface area contributed by atoms with Crippen molar-refractivity contribution >= 4 is 18.3 Å². The maximum atomic E-state index is 12.9. The number of hydrogen-bond donors (Lipinski definition) is 1. The zero-order chi connectivity index (χ0) is 16.8. The molecule has 1 aromatic heterocycles. The average Bonchev–Trinajstić information content (AvgIpc) is 3.02. The Labute approximate surface area is 146 Å². The van der Waals surface area contributed by atoms with E-state index in [1.165, 1.54) is 12.1 Å². The number of nitrogens with two attached hydrogens (primary N) is 1. The summed E-state index contributed by atoms with van der Waals surface area (Å²) in [6.07, 6.45) is 1.53. The van der Waals surface area contributed by atoms with Crippen molar-refractivity contribution in [1.29, 1.82) is 0 Å². The Morgan fingerprint density at radius 3 is 2.67 bits per heavy atom. The van der Waals surface area contributed by atoms with Gasteiger partial charge in [-0.25, -0.2) is 4.39 Å². The highest BCUT2D eigenvalue weighted by Gasteiger charge is 2.15. The summed E-state index contributed by atoms with van der Waals surface area (Å²) in [4.78, 5) is 17.9. The van der Waals surface area contributed by atoms with E-state index < -0.39 is 0 Å². The molecule has 8 heteroatoms. The van der Waals surface area contributed by atoms with Crippen LogP contribution >= 0.6 is 12.4 Å². The van der Waals surface area contributed by atoms with Gasteiger partial charge >= 0.3 is 0 Å². The predicted octanol–water partition coefficient (Wildman–Crippen LogP) is 2.43. The second kappa shape index (κ2) is 9.34. The Kier molecular flexibility index (Phi) is 7.81. The summed E-state index contributed by atoms with van der Waals surface area (Å²) in [6.45, 7) is 2.35. The summed E-state index contributed by atoms with van der Waals surface area (Å²) in [7, 11) is 1.75. The molecular formula is C16H22ClFN4O2. The van der Waals surface area contributed by atoms with E-state index in [4.69, 9.17) is 10.3 Å². The monoisotopic (exact) mass is 356 g/mol. The maximum absolute atomic E-state index is 12.9. The Bertz CT molecular complexity index is 648. The van der Waals surface area contributed by atoms with Crippen LogP contribution < -0.4 is 5.73 Å². The van der Waals surface area contributed by atoms with E-state index in [1.807, 2.05) is 6.92 Å². The first-order chi connectivity index (χ1) is 11.0. The molecule has 0 aliphatic carbocycles. The topological polar surface area (TPSA) is 85.2 Å². The molecule has 2 rings (SSSR count). The van der Waals surface area contributed by atoms with Crippen molar-refractivity contribution in [2.24, 2.45) is 5.73 Å². The van der Waals surface area contributed by atoms with Gasteiger partial charge in [-0.05, 0) is 37.6 Å². The van der Waals surface area contributed by atoms with Crippen LogP contribution in [-0.2, 0) is 11.2 Å². The molecule has 1 heterocycles. The van der Waals surface area contributed by atoms with E-state index in [0.29, 0.717) is 43.1 Å². The van der Waals surface area contributed by atoms with Crippen LogP contribution in [0.3, 0.4) is 0 Å². The molecular weight excluding hydrogens is 335 g/mol. The van der Waals surface area contributed by atoms with Crippen molar-refractivity contribution in [2.45, 2.75) is 32.2 Å². The van der Waals surface area contributed by atoms with Crippen LogP contribution in [0.25, 0.3) is 11.4 Å². The third-order valence-electron chi connectivity index (χ3n) is 3.75. The lowest BCUT2D eigenvalue weighted by atomic mass is 10.2. The minimum atomic E-state index is -0.313. The molecule has 24 heavy (non-hydrogen) atoms. The first kappa shape index (κ1) is 20.1. The van der Waals surface area contributed by atoms with Crippen LogP contribution in [0, 0.1) is 5.82 Å². The Balaban J connectivity index is 0.00000288. The fraction of sp³-hybridized carbons (Fsp3) is 0.438. The van der Waals surface area contributed by atoms with Gasteiger partial charge in [0, 0.05) is 38.0 Å². The number of benzene rings is 1. The van der Waals surface area contributed by atoms with E-state index in [1.54, 1.807) is 24.1 Å². The molecule has 0 fully saturated rings. The fourth-order valence-electron chi connectivity index (χ4n) is 2.04. The van der Waals surface area contributed by atoms with Gasteiger partial charge in [-0.1, -0.05) is 5.16 Å². The standard InChI is InChI=1S/C16H21FN4O2.ClH/c1-11(10-18)21(2)15(22)5-3-4-14-19-16(20-23-14)12-6-8-13(17)9-7-12;/h6-9,11H,3-5,10,18H2,1-2H3;1H. The third kappa shape index (κ3) is 5.28. The highest BCUT2D eigenvalue weighted by Crippen LogP contribution is 2.17. The maximum Gasteiger partial charge on any atom is 0.226 e. The van der Waals surface area contributed by atoms with Crippen LogP contribution in [0.5, 0.6) is 0 Å². The van der Waals surface area contributed by atoms with E-state index in [9.17, 15) is 9.18 Å². The molecule has 1 atom stereocenters. The number of likely N-dealkylation sites (N-methyl/N-ethyl adjacent to an activating group) is 1. The number of amides is 1. The molecule has 0 saturated carbocycles. The van der Waals surface area contributed by atoms with E-state index >= 15 is 0 Å². The summed E-state index contributed by atoms with van der Waals surface area (Å²) in [5.41, 5.74) is 6.24. The van der Waals surface area contributed by atoms with Gasteiger partial charge in [0.25, 0.3) is 0 Å². The van der Waals surface area contributed by atoms with E-state index in [2.05, 4.69) is 10.1 Å². The van der Waals surface area contributed by atoms with Gasteiger partial charge < -0.3 is 15.2 Å².